The maximum absolute atomic E-state index is 12.8. The molecule has 0 aliphatic carbocycles. The average molecular weight is 461 g/mol. The highest BCUT2D eigenvalue weighted by Crippen LogP contribution is 2.27. The summed E-state index contributed by atoms with van der Waals surface area (Å²) in [4.78, 5) is 35.3. The van der Waals surface area contributed by atoms with E-state index in [-0.39, 0.29) is 36.4 Å². The van der Waals surface area contributed by atoms with Gasteiger partial charge in [-0.3, -0.25) is 14.6 Å². The molecule has 0 fully saturated rings. The molecule has 7 nitrogen and oxygen atoms in total. The zero-order valence-corrected chi connectivity index (χ0v) is 19.8. The van der Waals surface area contributed by atoms with Crippen LogP contribution in [-0.2, 0) is 9.53 Å². The first-order chi connectivity index (χ1) is 16.6. The lowest BCUT2D eigenvalue weighted by molar-refractivity contribution is -0.121. The van der Waals surface area contributed by atoms with Crippen LogP contribution in [0.5, 0.6) is 0 Å². The Bertz CT molecular complexity index is 987. The van der Waals surface area contributed by atoms with Crippen molar-refractivity contribution in [2.75, 3.05) is 33.4 Å². The molecule has 0 aliphatic rings. The number of rotatable bonds is 12. The number of aromatic nitrogens is 2. The molecule has 0 saturated heterocycles. The summed E-state index contributed by atoms with van der Waals surface area (Å²) in [7, 11) is 1.58. The van der Waals surface area contributed by atoms with Gasteiger partial charge in [0.2, 0.25) is 5.91 Å². The van der Waals surface area contributed by atoms with E-state index in [1.54, 1.807) is 18.2 Å². The molecule has 0 bridgehead atoms. The van der Waals surface area contributed by atoms with Crippen LogP contribution < -0.4 is 5.32 Å². The lowest BCUT2D eigenvalue weighted by Gasteiger charge is -2.22. The van der Waals surface area contributed by atoms with Crippen LogP contribution in [0.25, 0.3) is 0 Å². The van der Waals surface area contributed by atoms with Gasteiger partial charge in [0.25, 0.3) is 5.91 Å². The Kier molecular flexibility index (Phi) is 9.73. The number of benzene rings is 2. The van der Waals surface area contributed by atoms with E-state index in [2.05, 4.69) is 39.6 Å². The number of methoxy groups -OCH3 is 1. The number of nitrogens with zero attached hydrogens (tertiary/aromatic N) is 3. The lowest BCUT2D eigenvalue weighted by atomic mass is 9.88. The maximum Gasteiger partial charge on any atom is 0.274 e. The number of hydrogen-bond donors (Lipinski definition) is 1. The average Bonchev–Trinajstić information content (AvgIpc) is 2.88. The fourth-order valence-corrected chi connectivity index (χ4v) is 3.76. The molecule has 0 atom stereocenters. The number of hydrogen-bond acceptors (Lipinski definition) is 5. The number of nitrogens with one attached hydrogen (secondary N) is 1. The van der Waals surface area contributed by atoms with Gasteiger partial charge < -0.3 is 15.0 Å². The topological polar surface area (TPSA) is 84.4 Å². The van der Waals surface area contributed by atoms with E-state index in [1.807, 2.05) is 43.3 Å². The molecule has 0 spiro atoms. The highest BCUT2D eigenvalue weighted by Gasteiger charge is 2.19. The first-order valence-electron chi connectivity index (χ1n) is 11.5. The molecule has 178 valence electrons. The van der Waals surface area contributed by atoms with Gasteiger partial charge in [-0.05, 0) is 24.5 Å². The molecule has 7 heteroatoms. The first kappa shape index (κ1) is 25.1. The molecular weight excluding hydrogens is 428 g/mol. The Labute approximate surface area is 201 Å². The van der Waals surface area contributed by atoms with Gasteiger partial charge in [-0.15, -0.1) is 0 Å². The van der Waals surface area contributed by atoms with Crippen molar-refractivity contribution in [1.82, 2.24) is 20.2 Å². The largest absolute Gasteiger partial charge is 0.383 e. The van der Waals surface area contributed by atoms with Gasteiger partial charge in [0.15, 0.2) is 0 Å². The molecule has 3 rings (SSSR count). The molecule has 0 saturated carbocycles. The van der Waals surface area contributed by atoms with Crippen LogP contribution in [0.3, 0.4) is 0 Å². The molecule has 1 aromatic heterocycles. The van der Waals surface area contributed by atoms with Crippen molar-refractivity contribution in [3.8, 4) is 0 Å². The summed E-state index contributed by atoms with van der Waals surface area (Å²) < 4.78 is 5.13. The van der Waals surface area contributed by atoms with Crippen molar-refractivity contribution in [3.05, 3.63) is 95.6 Å². The minimum absolute atomic E-state index is 0.0925. The van der Waals surface area contributed by atoms with Crippen LogP contribution in [0.15, 0.2) is 73.1 Å². The summed E-state index contributed by atoms with van der Waals surface area (Å²) in [5.41, 5.74) is 3.44. The number of carbonyl (C=O) groups is 2. The summed E-state index contributed by atoms with van der Waals surface area (Å²) in [6.45, 7) is 3.40. The van der Waals surface area contributed by atoms with Crippen molar-refractivity contribution >= 4 is 11.8 Å². The Hall–Kier alpha value is -3.58. The molecule has 34 heavy (non-hydrogen) atoms. The minimum atomic E-state index is -0.259. The van der Waals surface area contributed by atoms with Crippen molar-refractivity contribution in [3.63, 3.8) is 0 Å². The Balaban J connectivity index is 1.54. The van der Waals surface area contributed by atoms with Gasteiger partial charge in [0.05, 0.1) is 18.5 Å². The van der Waals surface area contributed by atoms with Crippen LogP contribution in [0, 0.1) is 6.92 Å². The van der Waals surface area contributed by atoms with E-state index in [0.717, 1.165) is 12.1 Å². The Morgan fingerprint density at radius 2 is 1.59 bits per heavy atom. The second-order valence-corrected chi connectivity index (χ2v) is 8.09. The zero-order chi connectivity index (χ0) is 24.2. The number of aryl methyl sites for hydroxylation is 1. The molecule has 1 N–H and O–H groups in total. The van der Waals surface area contributed by atoms with E-state index in [9.17, 15) is 9.59 Å². The molecule has 0 unspecified atom stereocenters. The van der Waals surface area contributed by atoms with Crippen molar-refractivity contribution in [1.29, 1.82) is 0 Å². The van der Waals surface area contributed by atoms with Gasteiger partial charge in [-0.25, -0.2) is 4.98 Å². The van der Waals surface area contributed by atoms with Crippen molar-refractivity contribution in [2.45, 2.75) is 25.7 Å². The van der Waals surface area contributed by atoms with Crippen LogP contribution in [0.1, 0.15) is 46.1 Å². The molecule has 3 aromatic rings. The van der Waals surface area contributed by atoms with E-state index >= 15 is 0 Å². The summed E-state index contributed by atoms with van der Waals surface area (Å²) >= 11 is 0. The maximum atomic E-state index is 12.8. The molecule has 0 radical (unpaired) electrons. The Morgan fingerprint density at radius 1 is 0.941 bits per heavy atom. The second kappa shape index (κ2) is 13.2. The van der Waals surface area contributed by atoms with E-state index in [4.69, 9.17) is 4.74 Å². The zero-order valence-electron chi connectivity index (χ0n) is 19.8. The molecule has 1 heterocycles. The van der Waals surface area contributed by atoms with Gasteiger partial charge in [-0.1, -0.05) is 60.7 Å². The highest BCUT2D eigenvalue weighted by molar-refractivity contribution is 5.92. The fourth-order valence-electron chi connectivity index (χ4n) is 3.76. The normalized spacial score (nSPS) is 10.8. The minimum Gasteiger partial charge on any atom is -0.383 e. The number of carbonyl (C=O) groups excluding carboxylic acids is 2. The van der Waals surface area contributed by atoms with Gasteiger partial charge in [0.1, 0.15) is 5.69 Å². The molecule has 2 aromatic carbocycles. The first-order valence-corrected chi connectivity index (χ1v) is 11.5. The summed E-state index contributed by atoms with van der Waals surface area (Å²) in [6.07, 6.45) is 4.01. The lowest BCUT2D eigenvalue weighted by Crippen LogP contribution is -2.38. The highest BCUT2D eigenvalue weighted by atomic mass is 16.5. The summed E-state index contributed by atoms with van der Waals surface area (Å²) in [5, 5.41) is 3.01. The van der Waals surface area contributed by atoms with Gasteiger partial charge in [-0.2, -0.15) is 0 Å². The summed E-state index contributed by atoms with van der Waals surface area (Å²) in [6, 6.07) is 20.6. The number of amides is 2. The Morgan fingerprint density at radius 3 is 2.15 bits per heavy atom. The predicted octanol–water partition coefficient (Wildman–Crippen LogP) is 3.60. The monoisotopic (exact) mass is 460 g/mol. The third kappa shape index (κ3) is 7.49. The quantitative estimate of drug-likeness (QED) is 0.446. The van der Waals surface area contributed by atoms with Gasteiger partial charge >= 0.3 is 0 Å². The third-order valence-electron chi connectivity index (χ3n) is 5.62. The second-order valence-electron chi connectivity index (χ2n) is 8.09. The predicted molar refractivity (Wildman–Crippen MR) is 132 cm³/mol. The molecular formula is C27H32N4O3. The summed E-state index contributed by atoms with van der Waals surface area (Å²) in [5.74, 6) is -0.154. The van der Waals surface area contributed by atoms with Crippen molar-refractivity contribution in [2.24, 2.45) is 0 Å². The van der Waals surface area contributed by atoms with E-state index < -0.39 is 0 Å². The third-order valence-corrected chi connectivity index (χ3v) is 5.62. The van der Waals surface area contributed by atoms with Gasteiger partial charge in [0, 0.05) is 45.3 Å². The molecule has 0 aliphatic heterocycles. The van der Waals surface area contributed by atoms with Crippen LogP contribution in [0.4, 0.5) is 0 Å². The van der Waals surface area contributed by atoms with E-state index in [0.29, 0.717) is 19.7 Å². The van der Waals surface area contributed by atoms with Crippen molar-refractivity contribution < 1.29 is 14.3 Å². The molecule has 2 amide bonds. The smallest absolute Gasteiger partial charge is 0.274 e. The number of ether oxygens (including phenoxy) is 1. The van der Waals surface area contributed by atoms with Crippen LogP contribution >= 0.6 is 0 Å². The SMILES string of the molecule is COCCN(CCC(=O)NCCC(c1ccccc1)c1ccccc1)C(=O)c1cnc(C)cn1. The van der Waals surface area contributed by atoms with E-state index in [1.165, 1.54) is 17.3 Å². The van der Waals surface area contributed by atoms with Crippen LogP contribution in [-0.4, -0.2) is 60.0 Å². The standard InChI is InChI=1S/C27H32N4O3/c1-21-19-30-25(20-29-21)27(33)31(17-18-34-2)16-14-26(32)28-15-13-24(22-9-5-3-6-10-22)23-11-7-4-8-12-23/h3-12,19-20,24H,13-18H2,1-2H3,(H,28,32). The fraction of sp³-hybridized carbons (Fsp3) is 0.333. The van der Waals surface area contributed by atoms with Crippen LogP contribution in [0.2, 0.25) is 0 Å².